The molecule has 0 atom stereocenters. The fourth-order valence-electron chi connectivity index (χ4n) is 12.7. The molecule has 2 fully saturated rings. The predicted molar refractivity (Wildman–Crippen MR) is 273 cm³/mol. The van der Waals surface area contributed by atoms with Crippen LogP contribution in [0.1, 0.15) is 159 Å². The summed E-state index contributed by atoms with van der Waals surface area (Å²) >= 11 is 0. The Morgan fingerprint density at radius 3 is 1.48 bits per heavy atom. The maximum atomic E-state index is 6.25. The van der Waals surface area contributed by atoms with Crippen molar-refractivity contribution in [1.82, 2.24) is 0 Å². The molecule has 336 valence electrons. The lowest BCUT2D eigenvalue weighted by atomic mass is 9.67. The molecule has 0 amide bonds. The number of benzene rings is 6. The van der Waals surface area contributed by atoms with Crippen molar-refractivity contribution < 1.29 is 9.47 Å². The van der Waals surface area contributed by atoms with E-state index in [0.29, 0.717) is 13.2 Å². The van der Waals surface area contributed by atoms with Crippen molar-refractivity contribution in [2.75, 3.05) is 13.2 Å². The van der Waals surface area contributed by atoms with Gasteiger partial charge in [0, 0.05) is 0 Å². The van der Waals surface area contributed by atoms with Crippen LogP contribution in [-0.2, 0) is 31.1 Å². The average molecular weight is 861 g/mol. The van der Waals surface area contributed by atoms with Crippen molar-refractivity contribution in [2.45, 2.75) is 149 Å². The third-order valence-electron chi connectivity index (χ3n) is 16.1. The number of rotatable bonds is 14. The van der Waals surface area contributed by atoms with Crippen molar-refractivity contribution in [2.24, 2.45) is 11.8 Å². The minimum atomic E-state index is -0.576. The predicted octanol–water partition coefficient (Wildman–Crippen LogP) is 16.7. The molecule has 4 aliphatic carbocycles. The largest absolute Gasteiger partial charge is 0.494 e. The van der Waals surface area contributed by atoms with Gasteiger partial charge in [-0.15, -0.1) is 0 Å². The Hall–Kier alpha value is -5.08. The molecule has 0 unspecified atom stereocenters. The van der Waals surface area contributed by atoms with E-state index in [1.54, 1.807) is 22.3 Å². The van der Waals surface area contributed by atoms with Crippen LogP contribution in [0.3, 0.4) is 0 Å². The van der Waals surface area contributed by atoms with Crippen molar-refractivity contribution in [1.29, 1.82) is 0 Å². The zero-order chi connectivity index (χ0) is 44.3. The molecular weight excluding hydrogens is 789 g/mol. The molecular formula is C63H72O2. The normalized spacial score (nSPS) is 17.0. The van der Waals surface area contributed by atoms with Crippen molar-refractivity contribution in [3.8, 4) is 44.9 Å². The molecule has 0 aliphatic heterocycles. The highest BCUT2D eigenvalue weighted by Crippen LogP contribution is 2.58. The van der Waals surface area contributed by atoms with Crippen molar-refractivity contribution in [3.05, 3.63) is 165 Å². The van der Waals surface area contributed by atoms with Gasteiger partial charge in [-0.2, -0.15) is 0 Å². The Morgan fingerprint density at radius 2 is 0.938 bits per heavy atom. The van der Waals surface area contributed by atoms with Crippen LogP contribution in [0, 0.1) is 25.7 Å². The van der Waals surface area contributed by atoms with Crippen LogP contribution in [0.5, 0.6) is 11.5 Å². The molecule has 2 nitrogen and oxygen atoms in total. The second-order valence-corrected chi connectivity index (χ2v) is 20.5. The molecule has 6 aromatic rings. The fourth-order valence-corrected chi connectivity index (χ4v) is 12.7. The summed E-state index contributed by atoms with van der Waals surface area (Å²) in [6.07, 6.45) is 23.0. The van der Waals surface area contributed by atoms with Crippen molar-refractivity contribution in [3.63, 3.8) is 0 Å². The molecule has 0 spiro atoms. The van der Waals surface area contributed by atoms with Gasteiger partial charge >= 0.3 is 0 Å². The van der Waals surface area contributed by atoms with E-state index in [4.69, 9.17) is 9.47 Å². The molecule has 65 heavy (non-hydrogen) atoms. The van der Waals surface area contributed by atoms with Gasteiger partial charge in [0.15, 0.2) is 0 Å². The Balaban J connectivity index is 1.20. The van der Waals surface area contributed by atoms with Gasteiger partial charge in [-0.05, 0) is 202 Å². The lowest BCUT2D eigenvalue weighted by Gasteiger charge is -2.35. The number of hydrogen-bond donors (Lipinski definition) is 0. The monoisotopic (exact) mass is 861 g/mol. The third-order valence-corrected chi connectivity index (χ3v) is 16.1. The lowest BCUT2D eigenvalue weighted by Crippen LogP contribution is -2.28. The minimum absolute atomic E-state index is 0.576. The molecule has 0 bridgehead atoms. The number of ether oxygens (including phenoxy) is 2. The van der Waals surface area contributed by atoms with E-state index in [1.807, 2.05) is 0 Å². The summed E-state index contributed by atoms with van der Waals surface area (Å²) in [5.74, 6) is 3.41. The zero-order valence-electron chi connectivity index (χ0n) is 40.0. The summed E-state index contributed by atoms with van der Waals surface area (Å²) in [5, 5.41) is 0. The zero-order valence-corrected chi connectivity index (χ0v) is 40.0. The van der Waals surface area contributed by atoms with Gasteiger partial charge in [-0.1, -0.05) is 151 Å². The summed E-state index contributed by atoms with van der Waals surface area (Å²) in [6.45, 7) is 10.5. The summed E-state index contributed by atoms with van der Waals surface area (Å²) in [4.78, 5) is 0. The lowest BCUT2D eigenvalue weighted by molar-refractivity contribution is 0.317. The first-order valence-corrected chi connectivity index (χ1v) is 25.9. The number of fused-ring (bicyclic) bond motifs is 4. The summed E-state index contributed by atoms with van der Waals surface area (Å²) in [6, 6.07) is 43.4. The summed E-state index contributed by atoms with van der Waals surface area (Å²) in [7, 11) is 0. The topological polar surface area (TPSA) is 18.5 Å². The average Bonchev–Trinajstić information content (AvgIpc) is 3.64. The Labute approximate surface area is 391 Å². The highest BCUT2D eigenvalue weighted by atomic mass is 16.5. The van der Waals surface area contributed by atoms with Gasteiger partial charge in [-0.25, -0.2) is 0 Å². The Bertz CT molecular complexity index is 2550. The van der Waals surface area contributed by atoms with Crippen LogP contribution >= 0.6 is 0 Å². The van der Waals surface area contributed by atoms with Crippen molar-refractivity contribution >= 4 is 0 Å². The van der Waals surface area contributed by atoms with Crippen LogP contribution in [-0.4, -0.2) is 13.2 Å². The number of hydrogen-bond acceptors (Lipinski definition) is 2. The number of aryl methyl sites for hydroxylation is 2. The molecule has 2 heteroatoms. The minimum Gasteiger partial charge on any atom is -0.494 e. The molecule has 2 saturated carbocycles. The van der Waals surface area contributed by atoms with Gasteiger partial charge in [0.25, 0.3) is 0 Å². The molecule has 4 aliphatic rings. The van der Waals surface area contributed by atoms with Crippen LogP contribution in [0.25, 0.3) is 33.4 Å². The maximum Gasteiger partial charge on any atom is 0.119 e. The SMILES string of the molecule is CCCOc1ccc(C2(c3ccc(OCCC)cc3)c3cc(-c4cc(CC5CCCCC5)c(C)cc4CC4CCCCC4)ccc3-c3ccc(-c4ccc(C)c5c4CCCC5)cc32)cc1. The molecule has 0 saturated heterocycles. The Kier molecular flexibility index (Phi) is 13.1. The van der Waals surface area contributed by atoms with E-state index in [9.17, 15) is 0 Å². The van der Waals surface area contributed by atoms with E-state index < -0.39 is 5.41 Å². The molecule has 10 rings (SSSR count). The van der Waals surface area contributed by atoms with Crippen LogP contribution in [0.15, 0.2) is 109 Å². The first-order chi connectivity index (χ1) is 31.9. The van der Waals surface area contributed by atoms with E-state index >= 15 is 0 Å². The second-order valence-electron chi connectivity index (χ2n) is 20.5. The fraction of sp³-hybridized carbons (Fsp3) is 0.429. The van der Waals surface area contributed by atoms with Gasteiger partial charge in [0.05, 0.1) is 18.6 Å². The first-order valence-electron chi connectivity index (χ1n) is 25.9. The summed E-state index contributed by atoms with van der Waals surface area (Å²) in [5.41, 5.74) is 22.1. The van der Waals surface area contributed by atoms with Gasteiger partial charge in [-0.3, -0.25) is 0 Å². The van der Waals surface area contributed by atoms with E-state index in [1.165, 1.54) is 163 Å². The van der Waals surface area contributed by atoms with E-state index in [2.05, 4.69) is 137 Å². The smallest absolute Gasteiger partial charge is 0.119 e. The summed E-state index contributed by atoms with van der Waals surface area (Å²) < 4.78 is 12.5. The first kappa shape index (κ1) is 43.8. The second kappa shape index (κ2) is 19.4. The highest BCUT2D eigenvalue weighted by molar-refractivity contribution is 5.91. The third kappa shape index (κ3) is 8.61. The van der Waals surface area contributed by atoms with Crippen LogP contribution in [0.4, 0.5) is 0 Å². The molecule has 0 N–H and O–H groups in total. The molecule has 0 aromatic heterocycles. The highest BCUT2D eigenvalue weighted by Gasteiger charge is 2.47. The Morgan fingerprint density at radius 1 is 0.446 bits per heavy atom. The maximum absolute atomic E-state index is 6.25. The van der Waals surface area contributed by atoms with Gasteiger partial charge < -0.3 is 9.47 Å². The quantitative estimate of drug-likeness (QED) is 0.108. The molecule has 0 radical (unpaired) electrons. The molecule has 0 heterocycles. The standard InChI is InChI=1S/C63H72O2/c1-5-35-64-53-28-24-51(25-29-53)63(52-26-30-54(31-27-52)65-36-6-2)61-41-47(56-32-21-43(3)55-19-13-14-20-57(55)56)22-33-58(61)59-34-23-48(42-62(59)63)60-40-49(38-45-15-9-7-10-16-45)44(4)37-50(60)39-46-17-11-8-12-18-46/h21-34,37,40-42,45-46H,5-20,35-36,38-39H2,1-4H3. The van der Waals surface area contributed by atoms with E-state index in [-0.39, 0.29) is 0 Å². The van der Waals surface area contributed by atoms with Crippen LogP contribution < -0.4 is 9.47 Å². The molecule has 6 aromatic carbocycles. The van der Waals surface area contributed by atoms with E-state index in [0.717, 1.165) is 42.6 Å². The van der Waals surface area contributed by atoms with Gasteiger partial charge in [0.2, 0.25) is 0 Å². The van der Waals surface area contributed by atoms with Gasteiger partial charge in [0.1, 0.15) is 11.5 Å². The van der Waals surface area contributed by atoms with Crippen LogP contribution in [0.2, 0.25) is 0 Å².